The van der Waals surface area contributed by atoms with E-state index in [-0.39, 0.29) is 0 Å². The van der Waals surface area contributed by atoms with Gasteiger partial charge in [-0.1, -0.05) is 0 Å². The first-order valence-corrected chi connectivity index (χ1v) is 13.4. The predicted molar refractivity (Wildman–Crippen MR) is 105 cm³/mol. The predicted octanol–water partition coefficient (Wildman–Crippen LogP) is -0.320. The second-order valence-corrected chi connectivity index (χ2v) is 11.5. The van der Waals surface area contributed by atoms with Crippen LogP contribution >= 0.6 is 35.1 Å². The minimum absolute atomic E-state index is 0.731. The van der Waals surface area contributed by atoms with E-state index in [2.05, 4.69) is 20.1 Å². The molecule has 0 aliphatic carbocycles. The van der Waals surface area contributed by atoms with Crippen molar-refractivity contribution < 1.29 is 60.6 Å². The number of hydrogen-bond acceptors (Lipinski definition) is 10. The first-order chi connectivity index (χ1) is 14.8. The summed E-state index contributed by atoms with van der Waals surface area (Å²) in [6.45, 7) is 0.826. The van der Waals surface area contributed by atoms with Crippen LogP contribution in [0.5, 0.6) is 0 Å². The van der Waals surface area contributed by atoms with Crippen LogP contribution in [0.15, 0.2) is 21.9 Å². The first kappa shape index (κ1) is 28.3. The monoisotopic (exact) mass is 561 g/mol. The molecular formula is C12H18ClFN2O14P3+. The Hall–Kier alpha value is -0.900. The average Bonchev–Trinajstić information content (AvgIpc) is 2.79. The number of phosphoric acid groups is 3. The second-order valence-electron chi connectivity index (χ2n) is 6.65. The Morgan fingerprint density at radius 3 is 2.33 bits per heavy atom. The number of rotatable bonds is 10. The van der Waals surface area contributed by atoms with Crippen molar-refractivity contribution >= 4 is 35.1 Å². The van der Waals surface area contributed by atoms with Crippen molar-refractivity contribution in [3.05, 3.63) is 40.0 Å². The van der Waals surface area contributed by atoms with Crippen molar-refractivity contribution in [3.8, 4) is 0 Å². The number of halogens is 2. The lowest BCUT2D eigenvalue weighted by Gasteiger charge is -2.31. The normalized spacial score (nSPS) is 31.7. The zero-order valence-electron chi connectivity index (χ0n) is 16.1. The van der Waals surface area contributed by atoms with Gasteiger partial charge in [0.2, 0.25) is 0 Å². The molecule has 0 radical (unpaired) electrons. The van der Waals surface area contributed by atoms with Crippen LogP contribution in [0.3, 0.4) is 0 Å². The number of nitrogens with one attached hydrogen (secondary N) is 1. The molecule has 1 aromatic rings. The summed E-state index contributed by atoms with van der Waals surface area (Å²) < 4.78 is 65.3. The van der Waals surface area contributed by atoms with E-state index in [1.165, 1.54) is 0 Å². The van der Waals surface area contributed by atoms with Gasteiger partial charge in [0, 0.05) is 18.7 Å². The summed E-state index contributed by atoms with van der Waals surface area (Å²) in [5.41, 5.74) is -6.62. The van der Waals surface area contributed by atoms with E-state index in [0.717, 1.165) is 16.8 Å². The van der Waals surface area contributed by atoms with Crippen LogP contribution in [-0.2, 0) is 31.6 Å². The maximum Gasteiger partial charge on any atom is 0.490 e. The molecule has 2 rings (SSSR count). The molecule has 188 valence electrons. The van der Waals surface area contributed by atoms with Crippen molar-refractivity contribution in [2.24, 2.45) is 0 Å². The van der Waals surface area contributed by atoms with Gasteiger partial charge in [-0.2, -0.15) is 8.62 Å². The van der Waals surface area contributed by atoms with Crippen molar-refractivity contribution in [3.63, 3.8) is 0 Å². The lowest BCUT2D eigenvalue weighted by molar-refractivity contribution is -0.146. The van der Waals surface area contributed by atoms with Gasteiger partial charge in [0.15, 0.2) is 17.2 Å². The van der Waals surface area contributed by atoms with E-state index in [9.17, 15) is 37.7 Å². The number of H-pyrrole nitrogens is 1. The molecule has 1 saturated heterocycles. The Kier molecular flexibility index (Phi) is 8.27. The summed E-state index contributed by atoms with van der Waals surface area (Å²) in [7, 11) is -16.9. The van der Waals surface area contributed by atoms with Crippen molar-refractivity contribution in [2.75, 3.05) is 13.3 Å². The Morgan fingerprint density at radius 1 is 1.21 bits per heavy atom. The quantitative estimate of drug-likeness (QED) is 0.122. The molecule has 0 bridgehead atoms. The Labute approximate surface area is 188 Å². The van der Waals surface area contributed by atoms with Gasteiger partial charge < -0.3 is 29.4 Å². The topological polar surface area (TPSA) is 244 Å². The highest BCUT2D eigenvalue weighted by atomic mass is 35.5. The maximum atomic E-state index is 14.0. The van der Waals surface area contributed by atoms with E-state index < -0.39 is 77.2 Å². The molecule has 1 aliphatic heterocycles. The highest BCUT2D eigenvalue weighted by molar-refractivity contribution is 7.66. The Morgan fingerprint density at radius 2 is 1.82 bits per heavy atom. The number of phosphoric ester groups is 1. The number of aromatic nitrogens is 2. The van der Waals surface area contributed by atoms with Gasteiger partial charge in [-0.3, -0.25) is 18.9 Å². The van der Waals surface area contributed by atoms with Gasteiger partial charge in [-0.15, -0.1) is 11.6 Å². The van der Waals surface area contributed by atoms with E-state index in [1.807, 2.05) is 4.98 Å². The van der Waals surface area contributed by atoms with Crippen LogP contribution in [0.1, 0.15) is 12.6 Å². The molecule has 1 aliphatic rings. The van der Waals surface area contributed by atoms with Crippen LogP contribution < -0.4 is 11.2 Å². The minimum atomic E-state index is -5.78. The molecule has 0 amide bonds. The standard InChI is InChI=1S/C12H17ClFN2O14P3/c1-11(19)8(13)9(16-4-2-7(17)15-10(16)18)28-12(11,6-14)3-5-27-32(23,24)30-33(25,26)29-31(20,21)22/h2,4,8-9,19H,1,3,5-6H2,(H4-,15,17,18,20,21,22,23,24,25,26)/p+1. The Bertz CT molecular complexity index is 1130. The maximum absolute atomic E-state index is 14.0. The van der Waals surface area contributed by atoms with Gasteiger partial charge in [0.25, 0.3) is 11.2 Å². The molecule has 0 spiro atoms. The van der Waals surface area contributed by atoms with E-state index in [0.29, 0.717) is 0 Å². The number of nitrogens with zero attached hydrogens (tertiary/aromatic N) is 1. The van der Waals surface area contributed by atoms with Crippen molar-refractivity contribution in [2.45, 2.75) is 29.2 Å². The summed E-state index contributed by atoms with van der Waals surface area (Å²) in [6, 6.07) is 0.918. The first-order valence-electron chi connectivity index (χ1n) is 8.40. The number of hydrogen-bond donors (Lipinski definition) is 6. The minimum Gasteiger partial charge on any atom is -0.348 e. The summed E-state index contributed by atoms with van der Waals surface area (Å²) in [5.74, 6) is 0. The highest BCUT2D eigenvalue weighted by Crippen LogP contribution is 2.66. The summed E-state index contributed by atoms with van der Waals surface area (Å²) in [5, 5.41) is 9.09. The van der Waals surface area contributed by atoms with Gasteiger partial charge >= 0.3 is 29.2 Å². The SMILES string of the molecule is [CH2+]C1(O)C(Cl)C(n2ccc(=O)[nH]c2=O)OC1(CF)CCOP(=O)(O)OP(=O)(O)OP(=O)(O)O. The second kappa shape index (κ2) is 9.63. The van der Waals surface area contributed by atoms with Gasteiger partial charge in [0.05, 0.1) is 13.5 Å². The van der Waals surface area contributed by atoms with E-state index in [4.69, 9.17) is 31.0 Å². The molecule has 6 atom stereocenters. The van der Waals surface area contributed by atoms with Crippen LogP contribution in [-0.4, -0.2) is 64.1 Å². The van der Waals surface area contributed by atoms with Crippen LogP contribution in [0.2, 0.25) is 0 Å². The molecule has 33 heavy (non-hydrogen) atoms. The largest absolute Gasteiger partial charge is 0.490 e. The fraction of sp³-hybridized carbons (Fsp3) is 0.583. The number of aromatic amines is 1. The van der Waals surface area contributed by atoms with E-state index >= 15 is 0 Å². The fourth-order valence-corrected chi connectivity index (χ4v) is 6.21. The molecule has 0 aromatic carbocycles. The molecule has 6 N–H and O–H groups in total. The third-order valence-electron chi connectivity index (χ3n) is 4.36. The zero-order chi connectivity index (χ0) is 25.5. The van der Waals surface area contributed by atoms with E-state index in [1.54, 1.807) is 0 Å². The number of ether oxygens (including phenoxy) is 1. The molecule has 6 unspecified atom stereocenters. The van der Waals surface area contributed by atoms with Crippen molar-refractivity contribution in [1.29, 1.82) is 0 Å². The van der Waals surface area contributed by atoms with Crippen molar-refractivity contribution in [1.82, 2.24) is 9.55 Å². The lowest BCUT2D eigenvalue weighted by atomic mass is 9.82. The zero-order valence-corrected chi connectivity index (χ0v) is 19.5. The summed E-state index contributed by atoms with van der Waals surface area (Å²) in [4.78, 5) is 60.7. The molecule has 21 heteroatoms. The van der Waals surface area contributed by atoms with Gasteiger partial charge in [0.1, 0.15) is 6.67 Å². The molecular weight excluding hydrogens is 544 g/mol. The third-order valence-corrected chi connectivity index (χ3v) is 8.77. The number of alkyl halides is 2. The smallest absolute Gasteiger partial charge is 0.348 e. The van der Waals surface area contributed by atoms with Gasteiger partial charge in [-0.05, 0) is 0 Å². The van der Waals surface area contributed by atoms with Crippen LogP contribution in [0.4, 0.5) is 4.39 Å². The molecule has 1 aromatic heterocycles. The average molecular weight is 562 g/mol. The molecule has 1 fully saturated rings. The fourth-order valence-electron chi connectivity index (χ4n) is 2.82. The Balaban J connectivity index is 2.18. The molecule has 2 heterocycles. The highest BCUT2D eigenvalue weighted by Gasteiger charge is 2.68. The molecule has 16 nitrogen and oxygen atoms in total. The third kappa shape index (κ3) is 6.61. The van der Waals surface area contributed by atoms with Gasteiger partial charge in [-0.25, -0.2) is 22.9 Å². The summed E-state index contributed by atoms with van der Waals surface area (Å²) >= 11 is 6.11. The van der Waals surface area contributed by atoms with Crippen LogP contribution in [0.25, 0.3) is 0 Å². The van der Waals surface area contributed by atoms with Crippen LogP contribution in [0, 0.1) is 6.92 Å². The number of aliphatic hydroxyl groups is 1. The molecule has 0 saturated carbocycles. The summed E-state index contributed by atoms with van der Waals surface area (Å²) in [6.07, 6.45) is -1.41. The lowest BCUT2D eigenvalue weighted by Crippen LogP contribution is -2.55.